The molecule has 1 aromatic carbocycles. The Labute approximate surface area is 491 Å². The Balaban J connectivity index is 1.62. The molecular formula is C53H79N12O18S-3. The number of carboxylic acid groups (broad SMARTS) is 6. The van der Waals surface area contributed by atoms with Crippen LogP contribution < -0.4 is 48.1 Å². The van der Waals surface area contributed by atoms with Crippen molar-refractivity contribution in [1.29, 1.82) is 0 Å². The van der Waals surface area contributed by atoms with Crippen LogP contribution >= 0.6 is 12.2 Å². The van der Waals surface area contributed by atoms with E-state index in [0.29, 0.717) is 25.1 Å². The van der Waals surface area contributed by atoms with Crippen molar-refractivity contribution in [2.75, 3.05) is 104 Å². The number of ketones is 2. The Morgan fingerprint density at radius 1 is 0.702 bits per heavy atom. The van der Waals surface area contributed by atoms with Crippen LogP contribution in [0, 0.1) is 17.8 Å². The number of aliphatic carboxylic acids is 6. The van der Waals surface area contributed by atoms with E-state index in [9.17, 15) is 88.5 Å². The van der Waals surface area contributed by atoms with E-state index in [-0.39, 0.29) is 108 Å². The number of carbonyl (C=O) groups is 11. The highest BCUT2D eigenvalue weighted by Gasteiger charge is 2.36. The third kappa shape index (κ3) is 26.4. The fourth-order valence-corrected chi connectivity index (χ4v) is 10.0. The average molecular weight is 1200 g/mol. The number of aliphatic imine (C=N–C) groups is 1. The van der Waals surface area contributed by atoms with Crippen LogP contribution in [0.25, 0.3) is 0 Å². The summed E-state index contributed by atoms with van der Waals surface area (Å²) in [5, 5.41) is 85.1. The monoisotopic (exact) mass is 1200 g/mol. The lowest BCUT2D eigenvalue weighted by molar-refractivity contribution is -0.308. The number of aliphatic hydroxyl groups is 1. The second-order valence-corrected chi connectivity index (χ2v) is 21.6. The number of likely N-dealkylation sites (tertiary alicyclic amines) is 1. The predicted molar refractivity (Wildman–Crippen MR) is 297 cm³/mol. The molecule has 0 radical (unpaired) electrons. The molecular weight excluding hydrogens is 1120 g/mol. The maximum Gasteiger partial charge on any atom is 0.326 e. The molecule has 12 N–H and O–H groups in total. The molecule has 468 valence electrons. The van der Waals surface area contributed by atoms with E-state index in [1.165, 1.54) is 14.7 Å². The molecule has 0 bridgehead atoms. The number of carbonyl (C=O) groups excluding carboxylic acids is 8. The Morgan fingerprint density at radius 3 is 1.73 bits per heavy atom. The molecule has 0 aromatic heterocycles. The van der Waals surface area contributed by atoms with E-state index in [1.54, 1.807) is 47.9 Å². The van der Waals surface area contributed by atoms with Gasteiger partial charge < -0.3 is 87.8 Å². The van der Waals surface area contributed by atoms with E-state index < -0.39 is 153 Å². The molecule has 2 heterocycles. The van der Waals surface area contributed by atoms with Gasteiger partial charge in [0.15, 0.2) is 22.6 Å². The van der Waals surface area contributed by atoms with E-state index in [1.807, 2.05) is 0 Å². The second kappa shape index (κ2) is 36.3. The summed E-state index contributed by atoms with van der Waals surface area (Å²) in [5.41, 5.74) is 11.8. The number of carboxylic acids is 6. The summed E-state index contributed by atoms with van der Waals surface area (Å²) in [6, 6.07) is 2.30. The average Bonchev–Trinajstić information content (AvgIpc) is 4.16. The standard InChI is InChI=1S/C53H82N12O18S/c1-32(2)23-39(42(68)25-35(31-66)48(78)59-38(50(80)81)5-3-13-56-52(54)55)60-47(77)34(26-43(69)70)24-37(67)27-57-49(79)40-6-4-14-65(40)53(84)58-36-10-7-33(8-11-36)9-12-41(51(82)83)64-21-19-62(29-45(73)74)17-15-61(28-44(71)72)16-18-63(20-22-64)30-46(75)76/h7-8,10-11,32,34-35,38-41,66H,3-6,9,12-31H2,1-2H3,(H,57,79)(H,58,84)(H,59,78)(H,60,77)(H,69,70)(H,71,72)(H,73,74)(H,75,76)(H,80,81)(H,82,83)(H4,54,55,56)/p-3/t34-,35-,38-,39-,40-,41?/m0/s1. The minimum atomic E-state index is -1.49. The van der Waals surface area contributed by atoms with E-state index in [2.05, 4.69) is 26.3 Å². The maximum absolute atomic E-state index is 13.6. The number of hydrogen-bond acceptors (Lipinski definition) is 21. The van der Waals surface area contributed by atoms with Gasteiger partial charge in [0.1, 0.15) is 18.1 Å². The van der Waals surface area contributed by atoms with Crippen LogP contribution in [0.1, 0.15) is 77.2 Å². The largest absolute Gasteiger partial charge is 0.549 e. The molecule has 2 aliphatic heterocycles. The van der Waals surface area contributed by atoms with Crippen LogP contribution in [0.4, 0.5) is 5.69 Å². The molecule has 2 saturated heterocycles. The molecule has 0 aliphatic carbocycles. The molecule has 31 heteroatoms. The number of nitrogens with zero attached hydrogens (tertiary/aromatic N) is 6. The number of Topliss-reactive ketones (excluding diaryl/α,β-unsaturated/α-hetero) is 2. The number of hydrogen-bond donors (Lipinski definition) is 10. The van der Waals surface area contributed by atoms with Gasteiger partial charge in [0, 0.05) is 104 Å². The summed E-state index contributed by atoms with van der Waals surface area (Å²) >= 11 is 5.69. The fraction of sp³-hybridized carbons (Fsp3) is 0.642. The Kier molecular flexibility index (Phi) is 30.6. The van der Waals surface area contributed by atoms with Crippen molar-refractivity contribution in [1.82, 2.24) is 40.4 Å². The van der Waals surface area contributed by atoms with E-state index >= 15 is 0 Å². The van der Waals surface area contributed by atoms with Gasteiger partial charge in [0.25, 0.3) is 0 Å². The molecule has 1 aromatic rings. The zero-order chi connectivity index (χ0) is 62.6. The van der Waals surface area contributed by atoms with Crippen LogP contribution in [0.5, 0.6) is 0 Å². The number of nitrogens with two attached hydrogens (primary N) is 2. The first-order valence-electron chi connectivity index (χ1n) is 27.6. The van der Waals surface area contributed by atoms with Crippen molar-refractivity contribution in [3.05, 3.63) is 29.8 Å². The molecule has 0 saturated carbocycles. The number of aryl methyl sites for hydroxylation is 1. The van der Waals surface area contributed by atoms with Crippen molar-refractivity contribution in [2.24, 2.45) is 34.2 Å². The number of nitrogens with one attached hydrogen (secondary N) is 4. The predicted octanol–water partition coefficient (Wildman–Crippen LogP) is -6.41. The van der Waals surface area contributed by atoms with Gasteiger partial charge in [0.05, 0.1) is 55.4 Å². The number of rotatable bonds is 34. The summed E-state index contributed by atoms with van der Waals surface area (Å²) in [6.07, 6.45) is -0.709. The molecule has 6 atom stereocenters. The van der Waals surface area contributed by atoms with Gasteiger partial charge in [-0.25, -0.2) is 4.79 Å². The van der Waals surface area contributed by atoms with E-state index in [0.717, 1.165) is 5.56 Å². The highest BCUT2D eigenvalue weighted by atomic mass is 32.1. The van der Waals surface area contributed by atoms with Crippen LogP contribution in [0.15, 0.2) is 29.3 Å². The van der Waals surface area contributed by atoms with Crippen LogP contribution in [0.3, 0.4) is 0 Å². The van der Waals surface area contributed by atoms with Crippen molar-refractivity contribution >= 4 is 94.1 Å². The molecule has 1 unspecified atom stereocenters. The summed E-state index contributed by atoms with van der Waals surface area (Å²) in [7, 11) is 0. The number of anilines is 1. The minimum absolute atomic E-state index is 0.0177. The summed E-state index contributed by atoms with van der Waals surface area (Å²) in [4.78, 5) is 150. The van der Waals surface area contributed by atoms with Gasteiger partial charge >= 0.3 is 17.9 Å². The van der Waals surface area contributed by atoms with Crippen molar-refractivity contribution in [2.45, 2.75) is 102 Å². The highest BCUT2D eigenvalue weighted by molar-refractivity contribution is 7.80. The molecule has 30 nitrogen and oxygen atoms in total. The zero-order valence-electron chi connectivity index (χ0n) is 47.3. The lowest BCUT2D eigenvalue weighted by atomic mass is 9.91. The smallest absolute Gasteiger partial charge is 0.326 e. The first kappa shape index (κ1) is 70.8. The minimum Gasteiger partial charge on any atom is -0.549 e. The lowest BCUT2D eigenvalue weighted by Gasteiger charge is -2.36. The van der Waals surface area contributed by atoms with Gasteiger partial charge in [0.2, 0.25) is 17.7 Å². The van der Waals surface area contributed by atoms with Crippen LogP contribution in [-0.2, 0) is 59.2 Å². The van der Waals surface area contributed by atoms with Crippen LogP contribution in [0.2, 0.25) is 0 Å². The molecule has 2 aliphatic rings. The number of thiocarbonyl (C=S) groups is 1. The zero-order valence-corrected chi connectivity index (χ0v) is 48.1. The number of benzene rings is 1. The normalized spacial score (nSPS) is 17.6. The van der Waals surface area contributed by atoms with Crippen molar-refractivity contribution in [3.63, 3.8) is 0 Å². The molecule has 84 heavy (non-hydrogen) atoms. The Hall–Kier alpha value is -7.45. The Bertz CT molecular complexity index is 2450. The summed E-state index contributed by atoms with van der Waals surface area (Å²) in [6.45, 7) is 1.69. The van der Waals surface area contributed by atoms with Gasteiger partial charge in [-0.2, -0.15) is 0 Å². The second-order valence-electron chi connectivity index (χ2n) is 21.2. The summed E-state index contributed by atoms with van der Waals surface area (Å²) in [5.74, 6) is -15.4. The number of amides is 3. The first-order chi connectivity index (χ1) is 39.6. The third-order valence-electron chi connectivity index (χ3n) is 14.1. The lowest BCUT2D eigenvalue weighted by Crippen LogP contribution is -2.53. The van der Waals surface area contributed by atoms with Crippen molar-refractivity contribution in [3.8, 4) is 0 Å². The SMILES string of the molecule is CC(C)C[C@H](NC(=O)[C@H](CC(=O)O)CC(=O)CNC(=O)[C@@H]1CCCN1C(=S)Nc1ccc(CCC(C(=O)O)N2CCN(CC(=O)[O-])CCN(CC(=O)[O-])CCN(CC(=O)[O-])CC2)cc1)C(=O)C[C@@H](CO)C(=O)N[C@@H](CCCN=C(N)N)C(=O)O. The molecule has 0 spiro atoms. The number of guanidine groups is 1. The Morgan fingerprint density at radius 2 is 1.24 bits per heavy atom. The maximum atomic E-state index is 13.6. The van der Waals surface area contributed by atoms with E-state index in [4.69, 9.17) is 23.7 Å². The van der Waals surface area contributed by atoms with Gasteiger partial charge in [-0.3, -0.25) is 58.2 Å². The highest BCUT2D eigenvalue weighted by Crippen LogP contribution is 2.22. The number of aliphatic hydroxyl groups excluding tert-OH is 1. The van der Waals surface area contributed by atoms with Gasteiger partial charge in [-0.05, 0) is 80.8 Å². The van der Waals surface area contributed by atoms with Gasteiger partial charge in [-0.1, -0.05) is 26.0 Å². The van der Waals surface area contributed by atoms with Gasteiger partial charge in [-0.15, -0.1) is 0 Å². The third-order valence-corrected chi connectivity index (χ3v) is 14.5. The fourth-order valence-electron chi connectivity index (χ4n) is 9.71. The molecule has 2 fully saturated rings. The quantitative estimate of drug-likeness (QED) is 0.0133. The molecule has 3 amide bonds. The van der Waals surface area contributed by atoms with Crippen LogP contribution in [-0.4, -0.2) is 244 Å². The summed E-state index contributed by atoms with van der Waals surface area (Å²) < 4.78 is 0. The first-order valence-corrected chi connectivity index (χ1v) is 28.0. The topological polar surface area (TPSA) is 467 Å². The molecule has 3 rings (SSSR count). The van der Waals surface area contributed by atoms with Crippen molar-refractivity contribution < 1.29 is 88.5 Å².